The Hall–Kier alpha value is -1.78. The number of nitrogens with zero attached hydrogens (tertiary/aromatic N) is 1. The first-order chi connectivity index (χ1) is 10.9. The molecule has 0 spiro atoms. The molecule has 0 saturated heterocycles. The summed E-state index contributed by atoms with van der Waals surface area (Å²) >= 11 is 11.9. The molecular weight excluding hydrogens is 340 g/mol. The Morgan fingerprint density at radius 3 is 2.61 bits per heavy atom. The third-order valence-corrected chi connectivity index (χ3v) is 3.88. The number of hydrogen-bond acceptors (Lipinski definition) is 2. The van der Waals surface area contributed by atoms with Crippen LogP contribution in [0.5, 0.6) is 5.75 Å². The van der Waals surface area contributed by atoms with Crippen molar-refractivity contribution >= 4 is 29.1 Å². The van der Waals surface area contributed by atoms with Gasteiger partial charge in [0.25, 0.3) is 5.91 Å². The van der Waals surface area contributed by atoms with E-state index in [2.05, 4.69) is 0 Å². The summed E-state index contributed by atoms with van der Waals surface area (Å²) in [5.41, 5.74) is 0.278. The zero-order valence-corrected chi connectivity index (χ0v) is 14.2. The molecule has 0 aliphatic carbocycles. The molecule has 0 saturated carbocycles. The maximum atomic E-state index is 13.8. The van der Waals surface area contributed by atoms with Crippen molar-refractivity contribution in [3.8, 4) is 5.75 Å². The first-order valence-corrected chi connectivity index (χ1v) is 7.74. The summed E-state index contributed by atoms with van der Waals surface area (Å²) in [5, 5.41) is 0.807. The minimum atomic E-state index is -0.732. The molecule has 1 amide bonds. The van der Waals surface area contributed by atoms with Crippen molar-refractivity contribution < 1.29 is 13.9 Å². The van der Waals surface area contributed by atoms with Crippen LogP contribution in [0.15, 0.2) is 42.5 Å². The summed E-state index contributed by atoms with van der Waals surface area (Å²) in [5.74, 6) is -0.236. The second-order valence-corrected chi connectivity index (χ2v) is 5.96. The lowest BCUT2D eigenvalue weighted by Crippen LogP contribution is -2.37. The fourth-order valence-electron chi connectivity index (χ4n) is 2.10. The molecule has 0 N–H and O–H groups in total. The average Bonchev–Trinajstić information content (AvgIpc) is 2.50. The van der Waals surface area contributed by atoms with Crippen LogP contribution in [-0.4, -0.2) is 24.0 Å². The largest absolute Gasteiger partial charge is 0.481 e. The minimum absolute atomic E-state index is 0.0631. The molecular formula is C17H16Cl2FNO2. The molecule has 1 unspecified atom stereocenters. The number of carbonyl (C=O) groups excluding carboxylic acids is 1. The Morgan fingerprint density at radius 1 is 1.26 bits per heavy atom. The number of amides is 1. The lowest BCUT2D eigenvalue weighted by Gasteiger charge is -2.23. The molecule has 2 aromatic rings. The summed E-state index contributed by atoms with van der Waals surface area (Å²) in [7, 11) is 1.57. The Balaban J connectivity index is 2.04. The van der Waals surface area contributed by atoms with E-state index in [0.29, 0.717) is 10.8 Å². The molecule has 0 aliphatic heterocycles. The van der Waals surface area contributed by atoms with Crippen LogP contribution >= 0.6 is 23.2 Å². The highest BCUT2D eigenvalue weighted by Gasteiger charge is 2.21. The number of hydrogen-bond donors (Lipinski definition) is 0. The molecule has 0 radical (unpaired) electrons. The van der Waals surface area contributed by atoms with Crippen molar-refractivity contribution in [3.05, 3.63) is 63.9 Å². The fraction of sp³-hybridized carbons (Fsp3) is 0.235. The summed E-state index contributed by atoms with van der Waals surface area (Å²) < 4.78 is 19.4. The first kappa shape index (κ1) is 17.6. The van der Waals surface area contributed by atoms with Crippen LogP contribution in [0.3, 0.4) is 0 Å². The lowest BCUT2D eigenvalue weighted by atomic mass is 10.2. The predicted octanol–water partition coefficient (Wildman–Crippen LogP) is 4.56. The molecule has 1 atom stereocenters. The fourth-order valence-corrected chi connectivity index (χ4v) is 2.51. The van der Waals surface area contributed by atoms with Crippen molar-refractivity contribution in [1.82, 2.24) is 4.90 Å². The molecule has 122 valence electrons. The van der Waals surface area contributed by atoms with Gasteiger partial charge < -0.3 is 9.64 Å². The lowest BCUT2D eigenvalue weighted by molar-refractivity contribution is -0.137. The zero-order valence-electron chi connectivity index (χ0n) is 12.7. The van der Waals surface area contributed by atoms with Crippen LogP contribution < -0.4 is 4.74 Å². The van der Waals surface area contributed by atoms with Crippen LogP contribution in [0.1, 0.15) is 12.5 Å². The van der Waals surface area contributed by atoms with Crippen molar-refractivity contribution in [2.24, 2.45) is 0 Å². The van der Waals surface area contributed by atoms with Gasteiger partial charge in [0, 0.05) is 29.2 Å². The highest BCUT2D eigenvalue weighted by Crippen LogP contribution is 2.22. The number of rotatable bonds is 5. The van der Waals surface area contributed by atoms with Crippen molar-refractivity contribution in [2.45, 2.75) is 19.6 Å². The smallest absolute Gasteiger partial charge is 0.263 e. The minimum Gasteiger partial charge on any atom is -0.481 e. The number of halogens is 3. The number of benzene rings is 2. The van der Waals surface area contributed by atoms with Crippen LogP contribution in [-0.2, 0) is 11.3 Å². The third kappa shape index (κ3) is 4.60. The van der Waals surface area contributed by atoms with E-state index in [9.17, 15) is 9.18 Å². The Kier molecular flexibility index (Phi) is 5.85. The molecule has 23 heavy (non-hydrogen) atoms. The summed E-state index contributed by atoms with van der Waals surface area (Å²) in [6.07, 6.45) is -0.732. The molecule has 6 heteroatoms. The Bertz CT molecular complexity index is 688. The maximum absolute atomic E-state index is 13.8. The Morgan fingerprint density at radius 2 is 1.96 bits per heavy atom. The van der Waals surface area contributed by atoms with E-state index < -0.39 is 11.9 Å². The van der Waals surface area contributed by atoms with Gasteiger partial charge in [-0.25, -0.2) is 4.39 Å². The number of carbonyl (C=O) groups is 1. The predicted molar refractivity (Wildman–Crippen MR) is 89.4 cm³/mol. The number of likely N-dealkylation sites (N-methyl/N-ethyl adjacent to an activating group) is 1. The highest BCUT2D eigenvalue weighted by molar-refractivity contribution is 6.31. The van der Waals surface area contributed by atoms with Gasteiger partial charge >= 0.3 is 0 Å². The summed E-state index contributed by atoms with van der Waals surface area (Å²) in [6, 6.07) is 11.2. The molecule has 0 bridgehead atoms. The van der Waals surface area contributed by atoms with Crippen molar-refractivity contribution in [3.63, 3.8) is 0 Å². The SMILES string of the molecule is CC(Oc1cccc(Cl)c1)C(=O)N(C)Cc1c(F)cccc1Cl. The van der Waals surface area contributed by atoms with Gasteiger partial charge in [-0.3, -0.25) is 4.79 Å². The molecule has 0 fully saturated rings. The van der Waals surface area contributed by atoms with Gasteiger partial charge in [-0.05, 0) is 37.3 Å². The molecule has 0 heterocycles. The molecule has 3 nitrogen and oxygen atoms in total. The molecule has 2 rings (SSSR count). The van der Waals surface area contributed by atoms with E-state index in [1.165, 1.54) is 17.0 Å². The average molecular weight is 356 g/mol. The van der Waals surface area contributed by atoms with Gasteiger partial charge in [-0.1, -0.05) is 35.3 Å². The van der Waals surface area contributed by atoms with Gasteiger partial charge in [0.15, 0.2) is 6.10 Å². The maximum Gasteiger partial charge on any atom is 0.263 e. The van der Waals surface area contributed by atoms with E-state index >= 15 is 0 Å². The first-order valence-electron chi connectivity index (χ1n) is 6.98. The molecule has 2 aromatic carbocycles. The molecule has 0 aliphatic rings. The van der Waals surface area contributed by atoms with Crippen molar-refractivity contribution in [1.29, 1.82) is 0 Å². The standard InChI is InChI=1S/C17H16Cl2FNO2/c1-11(23-13-6-3-5-12(18)9-13)17(22)21(2)10-14-15(19)7-4-8-16(14)20/h3-9,11H,10H2,1-2H3. The van der Waals surface area contributed by atoms with Gasteiger partial charge in [-0.15, -0.1) is 0 Å². The van der Waals surface area contributed by atoms with E-state index in [4.69, 9.17) is 27.9 Å². The van der Waals surface area contributed by atoms with E-state index in [1.807, 2.05) is 0 Å². The second kappa shape index (κ2) is 7.66. The van der Waals surface area contributed by atoms with Gasteiger partial charge in [0.05, 0.1) is 0 Å². The van der Waals surface area contributed by atoms with E-state index in [0.717, 1.165) is 0 Å². The summed E-state index contributed by atoms with van der Waals surface area (Å²) in [4.78, 5) is 13.7. The van der Waals surface area contributed by atoms with E-state index in [-0.39, 0.29) is 23.0 Å². The van der Waals surface area contributed by atoms with Gasteiger partial charge in [0.1, 0.15) is 11.6 Å². The quantitative estimate of drug-likeness (QED) is 0.786. The summed E-state index contributed by atoms with van der Waals surface area (Å²) in [6.45, 7) is 1.69. The normalized spacial score (nSPS) is 11.9. The van der Waals surface area contributed by atoms with Crippen LogP contribution in [0.25, 0.3) is 0 Å². The second-order valence-electron chi connectivity index (χ2n) is 5.11. The van der Waals surface area contributed by atoms with Crippen LogP contribution in [0.2, 0.25) is 10.0 Å². The zero-order chi connectivity index (χ0) is 17.0. The topological polar surface area (TPSA) is 29.5 Å². The number of ether oxygens (including phenoxy) is 1. The highest BCUT2D eigenvalue weighted by atomic mass is 35.5. The van der Waals surface area contributed by atoms with Gasteiger partial charge in [-0.2, -0.15) is 0 Å². The Labute approximate surface area is 144 Å². The third-order valence-electron chi connectivity index (χ3n) is 3.29. The van der Waals surface area contributed by atoms with Crippen LogP contribution in [0, 0.1) is 5.82 Å². The van der Waals surface area contributed by atoms with E-state index in [1.54, 1.807) is 44.3 Å². The van der Waals surface area contributed by atoms with Gasteiger partial charge in [0.2, 0.25) is 0 Å². The monoisotopic (exact) mass is 355 g/mol. The molecule has 0 aromatic heterocycles. The van der Waals surface area contributed by atoms with Crippen molar-refractivity contribution in [2.75, 3.05) is 7.05 Å². The van der Waals surface area contributed by atoms with Crippen LogP contribution in [0.4, 0.5) is 4.39 Å².